The number of likely N-dealkylation sites (tertiary alicyclic amines) is 1. The van der Waals surface area contributed by atoms with Crippen LogP contribution in [0.2, 0.25) is 10.0 Å². The molecule has 1 aromatic heterocycles. The van der Waals surface area contributed by atoms with E-state index in [9.17, 15) is 9.59 Å². The molecular weight excluding hydrogens is 479 g/mol. The number of halogens is 2. The molecule has 0 spiro atoms. The lowest BCUT2D eigenvalue weighted by atomic mass is 10.2. The first-order chi connectivity index (χ1) is 16.5. The van der Waals surface area contributed by atoms with Gasteiger partial charge in [0.15, 0.2) is 6.29 Å². The number of aromatic nitrogens is 1. The molecule has 1 aromatic carbocycles. The number of ether oxygens (including phenoxy) is 1. The lowest BCUT2D eigenvalue weighted by Gasteiger charge is -2.21. The fraction of sp³-hybridized carbons (Fsp3) is 0.375. The van der Waals surface area contributed by atoms with Gasteiger partial charge in [0, 0.05) is 55.0 Å². The van der Waals surface area contributed by atoms with Crippen LogP contribution in [0.4, 0.5) is 5.82 Å². The topological polar surface area (TPSA) is 92.8 Å². The molecule has 10 heteroatoms. The van der Waals surface area contributed by atoms with E-state index < -0.39 is 12.2 Å². The molecule has 2 aromatic rings. The molecule has 2 aliphatic heterocycles. The summed E-state index contributed by atoms with van der Waals surface area (Å²) in [6.45, 7) is 1.80. The number of rotatable bonds is 7. The van der Waals surface area contributed by atoms with E-state index in [1.165, 1.54) is 6.08 Å². The maximum absolute atomic E-state index is 12.7. The summed E-state index contributed by atoms with van der Waals surface area (Å²) in [6, 6.07) is 8.69. The summed E-state index contributed by atoms with van der Waals surface area (Å²) in [5.41, 5.74) is 3.61. The van der Waals surface area contributed by atoms with Crippen LogP contribution < -0.4 is 10.8 Å². The lowest BCUT2D eigenvalue weighted by molar-refractivity contribution is -0.198. The van der Waals surface area contributed by atoms with Crippen LogP contribution in [-0.4, -0.2) is 53.7 Å². The molecule has 0 aliphatic carbocycles. The summed E-state index contributed by atoms with van der Waals surface area (Å²) >= 11 is 12.4. The molecule has 2 saturated heterocycles. The van der Waals surface area contributed by atoms with Gasteiger partial charge in [0.1, 0.15) is 5.82 Å². The maximum Gasteiger partial charge on any atom is 0.267 e. The Balaban J connectivity index is 1.27. The van der Waals surface area contributed by atoms with Crippen LogP contribution in [0.5, 0.6) is 0 Å². The van der Waals surface area contributed by atoms with E-state index in [0.717, 1.165) is 25.7 Å². The molecule has 2 aliphatic rings. The molecule has 1 unspecified atom stereocenters. The largest absolute Gasteiger partial charge is 0.364 e. The monoisotopic (exact) mass is 504 g/mol. The van der Waals surface area contributed by atoms with Gasteiger partial charge in [-0.05, 0) is 55.2 Å². The summed E-state index contributed by atoms with van der Waals surface area (Å²) in [5, 5.41) is 4.27. The van der Waals surface area contributed by atoms with Gasteiger partial charge in [0.05, 0.1) is 5.02 Å². The summed E-state index contributed by atoms with van der Waals surface area (Å²) in [7, 11) is 0. The first kappa shape index (κ1) is 24.5. The van der Waals surface area contributed by atoms with Crippen molar-refractivity contribution in [2.45, 2.75) is 38.0 Å². The third-order valence-corrected chi connectivity index (χ3v) is 6.13. The van der Waals surface area contributed by atoms with E-state index in [2.05, 4.69) is 15.8 Å². The average Bonchev–Trinajstić information content (AvgIpc) is 3.31. The molecule has 8 nitrogen and oxygen atoms in total. The van der Waals surface area contributed by atoms with Crippen LogP contribution in [0.1, 0.15) is 41.6 Å². The van der Waals surface area contributed by atoms with Crippen LogP contribution >= 0.6 is 23.2 Å². The second kappa shape index (κ2) is 11.7. The number of hydrogen-bond acceptors (Lipinski definition) is 6. The molecule has 3 heterocycles. The van der Waals surface area contributed by atoms with E-state index in [1.807, 2.05) is 0 Å². The Hall–Kier alpha value is -2.65. The van der Waals surface area contributed by atoms with Gasteiger partial charge in [-0.1, -0.05) is 29.3 Å². The SMILES string of the molecule is O=C(C=Cc1cnc(N[C@@H]2CCN(C(=O)c3cccc(Cl)c3)C2)c(Cl)c1)NOC1CCCCO1. The number of hydroxylamine groups is 1. The molecule has 0 radical (unpaired) electrons. The van der Waals surface area contributed by atoms with Crippen LogP contribution in [0.15, 0.2) is 42.6 Å². The number of carbonyl (C=O) groups is 2. The molecule has 0 bridgehead atoms. The molecule has 4 rings (SSSR count). The Morgan fingerprint density at radius 3 is 2.85 bits per heavy atom. The summed E-state index contributed by atoms with van der Waals surface area (Å²) < 4.78 is 5.40. The smallest absolute Gasteiger partial charge is 0.267 e. The second-order valence-corrected chi connectivity index (χ2v) is 9.05. The van der Waals surface area contributed by atoms with Crippen molar-refractivity contribution < 1.29 is 19.2 Å². The normalized spacial score (nSPS) is 20.5. The van der Waals surface area contributed by atoms with Crippen LogP contribution in [0, 0.1) is 0 Å². The van der Waals surface area contributed by atoms with Crippen molar-refractivity contribution in [1.82, 2.24) is 15.4 Å². The number of hydrogen-bond donors (Lipinski definition) is 2. The van der Waals surface area contributed by atoms with Crippen molar-refractivity contribution in [1.29, 1.82) is 0 Å². The van der Waals surface area contributed by atoms with Crippen LogP contribution in [0.25, 0.3) is 6.08 Å². The molecule has 2 N–H and O–H groups in total. The fourth-order valence-electron chi connectivity index (χ4n) is 3.84. The summed E-state index contributed by atoms with van der Waals surface area (Å²) in [4.78, 5) is 36.1. The number of carbonyl (C=O) groups excluding carboxylic acids is 2. The molecule has 0 saturated carbocycles. The Morgan fingerprint density at radius 2 is 2.09 bits per heavy atom. The van der Waals surface area contributed by atoms with Gasteiger partial charge in [0.25, 0.3) is 11.8 Å². The highest BCUT2D eigenvalue weighted by molar-refractivity contribution is 6.33. The number of anilines is 1. The zero-order chi connectivity index (χ0) is 23.9. The van der Waals surface area contributed by atoms with Gasteiger partial charge < -0.3 is 15.0 Å². The summed E-state index contributed by atoms with van der Waals surface area (Å²) in [5.74, 6) is 0.0784. The van der Waals surface area contributed by atoms with Crippen LogP contribution in [0.3, 0.4) is 0 Å². The van der Waals surface area contributed by atoms with Gasteiger partial charge in [-0.25, -0.2) is 15.3 Å². The van der Waals surface area contributed by atoms with Crippen molar-refractivity contribution in [2.24, 2.45) is 0 Å². The van der Waals surface area contributed by atoms with Crippen LogP contribution in [-0.2, 0) is 14.4 Å². The standard InChI is InChI=1S/C24H26Cl2N4O4/c25-18-5-3-4-17(13-18)24(32)30-10-9-19(15-30)28-23-20(26)12-16(14-27-23)7-8-21(31)29-34-22-6-1-2-11-33-22/h3-5,7-8,12-14,19,22H,1-2,6,9-11,15H2,(H,27,28)(H,29,31)/t19-,22?/m1/s1. The second-order valence-electron chi connectivity index (χ2n) is 8.20. The summed E-state index contributed by atoms with van der Waals surface area (Å²) in [6.07, 6.45) is 7.71. The molecule has 34 heavy (non-hydrogen) atoms. The third-order valence-electron chi connectivity index (χ3n) is 5.61. The van der Waals surface area contributed by atoms with Crippen molar-refractivity contribution in [3.63, 3.8) is 0 Å². The van der Waals surface area contributed by atoms with E-state index in [-0.39, 0.29) is 11.9 Å². The van der Waals surface area contributed by atoms with Crippen molar-refractivity contribution in [2.75, 3.05) is 25.0 Å². The minimum Gasteiger partial charge on any atom is -0.364 e. The van der Waals surface area contributed by atoms with Gasteiger partial charge in [-0.15, -0.1) is 0 Å². The van der Waals surface area contributed by atoms with Crippen molar-refractivity contribution in [3.05, 3.63) is 63.8 Å². The van der Waals surface area contributed by atoms with Gasteiger partial charge in [-0.3, -0.25) is 9.59 Å². The van der Waals surface area contributed by atoms with Crippen molar-refractivity contribution in [3.8, 4) is 0 Å². The van der Waals surface area contributed by atoms with Crippen molar-refractivity contribution >= 4 is 46.9 Å². The maximum atomic E-state index is 12.7. The first-order valence-electron chi connectivity index (χ1n) is 11.2. The predicted molar refractivity (Wildman–Crippen MR) is 130 cm³/mol. The Morgan fingerprint density at radius 1 is 1.21 bits per heavy atom. The zero-order valence-electron chi connectivity index (χ0n) is 18.5. The lowest BCUT2D eigenvalue weighted by Crippen LogP contribution is -2.32. The van der Waals surface area contributed by atoms with E-state index >= 15 is 0 Å². The average molecular weight is 505 g/mol. The minimum atomic E-state index is -0.403. The molecular formula is C24H26Cl2N4O4. The van der Waals surface area contributed by atoms with E-state index in [0.29, 0.717) is 46.7 Å². The molecule has 2 amide bonds. The quantitative estimate of drug-likeness (QED) is 0.431. The fourth-order valence-corrected chi connectivity index (χ4v) is 4.26. The van der Waals surface area contributed by atoms with E-state index in [1.54, 1.807) is 47.5 Å². The first-order valence-corrected chi connectivity index (χ1v) is 12.0. The van der Waals surface area contributed by atoms with Gasteiger partial charge >= 0.3 is 0 Å². The minimum absolute atomic E-state index is 0.0273. The molecule has 180 valence electrons. The number of benzene rings is 1. The van der Waals surface area contributed by atoms with E-state index in [4.69, 9.17) is 32.8 Å². The Labute approximate surface area is 208 Å². The van der Waals surface area contributed by atoms with Gasteiger partial charge in [0.2, 0.25) is 0 Å². The number of nitrogens with one attached hydrogen (secondary N) is 2. The number of amides is 2. The number of pyridine rings is 1. The third kappa shape index (κ3) is 6.70. The highest BCUT2D eigenvalue weighted by Gasteiger charge is 2.27. The molecule has 2 atom stereocenters. The number of nitrogens with zero attached hydrogens (tertiary/aromatic N) is 2. The van der Waals surface area contributed by atoms with Gasteiger partial charge in [-0.2, -0.15) is 0 Å². The highest BCUT2D eigenvalue weighted by Crippen LogP contribution is 2.24. The highest BCUT2D eigenvalue weighted by atomic mass is 35.5. The predicted octanol–water partition coefficient (Wildman–Crippen LogP) is 4.30. The Kier molecular flexibility index (Phi) is 8.39. The zero-order valence-corrected chi connectivity index (χ0v) is 20.0. The Bertz CT molecular complexity index is 1060. The molecule has 2 fully saturated rings.